The van der Waals surface area contributed by atoms with E-state index in [0.29, 0.717) is 10.2 Å². The van der Waals surface area contributed by atoms with Gasteiger partial charge in [0.1, 0.15) is 10.4 Å². The van der Waals surface area contributed by atoms with Gasteiger partial charge in [-0.25, -0.2) is 4.98 Å². The highest BCUT2D eigenvalue weighted by Crippen LogP contribution is 2.11. The average Bonchev–Trinajstić information content (AvgIpc) is 1.85. The number of anilines is 1. The maximum Gasteiger partial charge on any atom is 0.248 e. The Labute approximate surface area is 71.7 Å². The fourth-order valence-corrected chi connectivity index (χ4v) is 1.11. The van der Waals surface area contributed by atoms with Crippen LogP contribution in [0.4, 0.5) is 5.82 Å². The van der Waals surface area contributed by atoms with Gasteiger partial charge in [0.05, 0.1) is 0 Å². The van der Waals surface area contributed by atoms with Crippen molar-refractivity contribution in [1.29, 1.82) is 0 Å². The number of nitrogen functional groups attached to an aromatic ring is 1. The number of carbonyl (C=O) groups excluding carboxylic acids is 1. The van der Waals surface area contributed by atoms with Crippen molar-refractivity contribution in [2.45, 2.75) is 0 Å². The van der Waals surface area contributed by atoms with Crippen molar-refractivity contribution >= 4 is 27.7 Å². The molecule has 0 spiro atoms. The maximum absolute atomic E-state index is 10.6. The average molecular weight is 216 g/mol. The van der Waals surface area contributed by atoms with Crippen LogP contribution in [-0.2, 0) is 0 Å². The van der Waals surface area contributed by atoms with Gasteiger partial charge >= 0.3 is 0 Å². The molecule has 1 heterocycles. The fraction of sp³-hybridized carbons (Fsp3) is 0. The van der Waals surface area contributed by atoms with E-state index >= 15 is 0 Å². The zero-order valence-corrected chi connectivity index (χ0v) is 7.13. The molecule has 0 saturated heterocycles. The van der Waals surface area contributed by atoms with Gasteiger partial charge in [-0.05, 0) is 28.1 Å². The zero-order chi connectivity index (χ0) is 8.43. The number of hydrogen-bond acceptors (Lipinski definition) is 3. The molecule has 0 bridgehead atoms. The highest BCUT2D eigenvalue weighted by Gasteiger charge is 2.02. The van der Waals surface area contributed by atoms with Gasteiger partial charge < -0.3 is 11.5 Å². The van der Waals surface area contributed by atoms with Crippen molar-refractivity contribution in [3.8, 4) is 0 Å². The number of hydrogen-bond donors (Lipinski definition) is 2. The summed E-state index contributed by atoms with van der Waals surface area (Å²) in [6, 6.07) is 2.94. The predicted octanol–water partition coefficient (Wildman–Crippen LogP) is 0.525. The third-order valence-corrected chi connectivity index (χ3v) is 1.50. The van der Waals surface area contributed by atoms with E-state index in [0.717, 1.165) is 0 Å². The molecular formula is C6H6BrN3O. The lowest BCUT2D eigenvalue weighted by molar-refractivity contribution is 0.1000. The Morgan fingerprint density at radius 3 is 2.64 bits per heavy atom. The summed E-state index contributed by atoms with van der Waals surface area (Å²) < 4.78 is 0.506. The molecule has 58 valence electrons. The monoisotopic (exact) mass is 215 g/mol. The zero-order valence-electron chi connectivity index (χ0n) is 5.54. The number of halogens is 1. The van der Waals surface area contributed by atoms with Crippen LogP contribution in [0.15, 0.2) is 16.7 Å². The molecule has 0 unspecified atom stereocenters. The number of primary amides is 1. The number of pyridine rings is 1. The van der Waals surface area contributed by atoms with E-state index in [-0.39, 0.29) is 5.82 Å². The Bertz CT molecular complexity index is 280. The Morgan fingerprint density at radius 2 is 2.18 bits per heavy atom. The van der Waals surface area contributed by atoms with Crippen LogP contribution in [0.3, 0.4) is 0 Å². The quantitative estimate of drug-likeness (QED) is 0.671. The summed E-state index contributed by atoms with van der Waals surface area (Å²) in [7, 11) is 0. The molecule has 1 rings (SSSR count). The first-order chi connectivity index (χ1) is 5.09. The molecule has 0 saturated carbocycles. The molecule has 4 nitrogen and oxygen atoms in total. The number of amides is 1. The molecule has 0 fully saturated rings. The van der Waals surface area contributed by atoms with E-state index in [4.69, 9.17) is 11.5 Å². The molecule has 0 aliphatic heterocycles. The Balaban J connectivity index is 3.19. The van der Waals surface area contributed by atoms with E-state index < -0.39 is 5.91 Å². The van der Waals surface area contributed by atoms with Gasteiger partial charge in [-0.15, -0.1) is 0 Å². The third-order valence-electron chi connectivity index (χ3n) is 1.10. The van der Waals surface area contributed by atoms with Crippen LogP contribution in [0.1, 0.15) is 10.4 Å². The lowest BCUT2D eigenvalue weighted by atomic mass is 10.2. The van der Waals surface area contributed by atoms with Gasteiger partial charge in [-0.3, -0.25) is 4.79 Å². The van der Waals surface area contributed by atoms with Crippen molar-refractivity contribution in [3.05, 3.63) is 22.3 Å². The first-order valence-electron chi connectivity index (χ1n) is 2.82. The summed E-state index contributed by atoms with van der Waals surface area (Å²) >= 11 is 3.08. The lowest BCUT2D eigenvalue weighted by Gasteiger charge is -1.97. The Kier molecular flexibility index (Phi) is 2.09. The molecule has 1 amide bonds. The molecule has 5 heteroatoms. The van der Waals surface area contributed by atoms with Crippen molar-refractivity contribution in [1.82, 2.24) is 4.98 Å². The summed E-state index contributed by atoms with van der Waals surface area (Å²) in [6.07, 6.45) is 0. The van der Waals surface area contributed by atoms with Gasteiger partial charge in [0, 0.05) is 5.56 Å². The number of nitrogens with zero attached hydrogens (tertiary/aromatic N) is 1. The third kappa shape index (κ3) is 1.91. The lowest BCUT2D eigenvalue weighted by Crippen LogP contribution is -2.11. The standard InChI is InChI=1S/C6H6BrN3O/c7-4-1-3(6(9)11)2-5(8)10-4/h1-2H,(H2,8,10)(H2,9,11). The second kappa shape index (κ2) is 2.87. The minimum Gasteiger partial charge on any atom is -0.384 e. The van der Waals surface area contributed by atoms with Gasteiger partial charge in [-0.2, -0.15) is 0 Å². The summed E-state index contributed by atoms with van der Waals surface area (Å²) in [4.78, 5) is 14.4. The predicted molar refractivity (Wildman–Crippen MR) is 44.9 cm³/mol. The summed E-state index contributed by atoms with van der Waals surface area (Å²) in [6.45, 7) is 0. The Morgan fingerprint density at radius 1 is 1.55 bits per heavy atom. The smallest absolute Gasteiger partial charge is 0.248 e. The van der Waals surface area contributed by atoms with Crippen LogP contribution < -0.4 is 11.5 Å². The first kappa shape index (κ1) is 8.00. The van der Waals surface area contributed by atoms with Gasteiger partial charge in [0.2, 0.25) is 5.91 Å². The molecule has 1 aromatic heterocycles. The second-order valence-corrected chi connectivity index (χ2v) is 2.78. The molecule has 0 radical (unpaired) electrons. The van der Waals surface area contributed by atoms with Gasteiger partial charge in [0.15, 0.2) is 0 Å². The van der Waals surface area contributed by atoms with E-state index in [1.807, 2.05) is 0 Å². The Hall–Kier alpha value is -1.10. The highest BCUT2D eigenvalue weighted by molar-refractivity contribution is 9.10. The van der Waals surface area contributed by atoms with E-state index in [1.165, 1.54) is 12.1 Å². The molecule has 1 aromatic rings. The SMILES string of the molecule is NC(=O)c1cc(N)nc(Br)c1. The molecule has 11 heavy (non-hydrogen) atoms. The van der Waals surface area contributed by atoms with Crippen LogP contribution in [0, 0.1) is 0 Å². The molecule has 0 aromatic carbocycles. The maximum atomic E-state index is 10.6. The van der Waals surface area contributed by atoms with Crippen LogP contribution in [0.2, 0.25) is 0 Å². The van der Waals surface area contributed by atoms with Crippen LogP contribution in [-0.4, -0.2) is 10.9 Å². The summed E-state index contributed by atoms with van der Waals surface area (Å²) in [5.74, 6) is -0.243. The minimum absolute atomic E-state index is 0.271. The molecule has 0 aliphatic carbocycles. The minimum atomic E-state index is -0.514. The normalized spacial score (nSPS) is 9.55. The molecule has 0 atom stereocenters. The largest absolute Gasteiger partial charge is 0.384 e. The van der Waals surface area contributed by atoms with Crippen molar-refractivity contribution in [2.24, 2.45) is 5.73 Å². The van der Waals surface area contributed by atoms with Crippen LogP contribution in [0.25, 0.3) is 0 Å². The fourth-order valence-electron chi connectivity index (χ4n) is 0.659. The van der Waals surface area contributed by atoms with Crippen molar-refractivity contribution in [3.63, 3.8) is 0 Å². The van der Waals surface area contributed by atoms with E-state index in [1.54, 1.807) is 0 Å². The van der Waals surface area contributed by atoms with Gasteiger partial charge in [0.25, 0.3) is 0 Å². The molecule has 0 aliphatic rings. The first-order valence-corrected chi connectivity index (χ1v) is 3.62. The van der Waals surface area contributed by atoms with Crippen molar-refractivity contribution < 1.29 is 4.79 Å². The second-order valence-electron chi connectivity index (χ2n) is 1.97. The topological polar surface area (TPSA) is 82.0 Å². The molecular weight excluding hydrogens is 210 g/mol. The number of rotatable bonds is 1. The number of nitrogens with two attached hydrogens (primary N) is 2. The summed E-state index contributed by atoms with van der Waals surface area (Å²) in [5.41, 5.74) is 10.7. The van der Waals surface area contributed by atoms with E-state index in [9.17, 15) is 4.79 Å². The molecule has 4 N–H and O–H groups in total. The summed E-state index contributed by atoms with van der Waals surface area (Å²) in [5, 5.41) is 0. The van der Waals surface area contributed by atoms with Crippen molar-refractivity contribution in [2.75, 3.05) is 5.73 Å². The highest BCUT2D eigenvalue weighted by atomic mass is 79.9. The van der Waals surface area contributed by atoms with Crippen LogP contribution in [0.5, 0.6) is 0 Å². The van der Waals surface area contributed by atoms with Crippen LogP contribution >= 0.6 is 15.9 Å². The number of aromatic nitrogens is 1. The van der Waals surface area contributed by atoms with Gasteiger partial charge in [-0.1, -0.05) is 0 Å². The number of carbonyl (C=O) groups is 1. The van der Waals surface area contributed by atoms with E-state index in [2.05, 4.69) is 20.9 Å².